The number of aromatic nitrogens is 1. The van der Waals surface area contributed by atoms with Crippen molar-refractivity contribution in [1.29, 1.82) is 0 Å². The summed E-state index contributed by atoms with van der Waals surface area (Å²) in [6, 6.07) is 14.1. The Kier molecular flexibility index (Phi) is 5.27. The van der Waals surface area contributed by atoms with Crippen LogP contribution in [0.25, 0.3) is 11.3 Å². The lowest BCUT2D eigenvalue weighted by atomic mass is 10.2. The highest BCUT2D eigenvalue weighted by Gasteiger charge is 2.15. The van der Waals surface area contributed by atoms with Gasteiger partial charge in [-0.2, -0.15) is 0 Å². The van der Waals surface area contributed by atoms with Crippen molar-refractivity contribution in [2.75, 3.05) is 11.3 Å². The maximum Gasteiger partial charge on any atom is 0.338 e. The van der Waals surface area contributed by atoms with E-state index in [1.807, 2.05) is 6.92 Å². The molecule has 0 aliphatic rings. The second-order valence-corrected chi connectivity index (χ2v) is 7.44. The number of esters is 1. The zero-order chi connectivity index (χ0) is 19.4. The van der Waals surface area contributed by atoms with Crippen LogP contribution in [-0.4, -0.2) is 26.2 Å². The van der Waals surface area contributed by atoms with Crippen LogP contribution in [0.4, 0.5) is 5.69 Å². The average Bonchev–Trinajstić information content (AvgIpc) is 3.09. The van der Waals surface area contributed by atoms with Crippen LogP contribution in [0.3, 0.4) is 0 Å². The van der Waals surface area contributed by atoms with Crippen molar-refractivity contribution in [1.82, 2.24) is 5.16 Å². The van der Waals surface area contributed by atoms with Crippen LogP contribution in [0.2, 0.25) is 0 Å². The number of aryl methyl sites for hydroxylation is 1. The highest BCUT2D eigenvalue weighted by molar-refractivity contribution is 7.92. The number of rotatable bonds is 6. The molecule has 0 radical (unpaired) electrons. The molecule has 8 heteroatoms. The number of hydrogen-bond donors (Lipinski definition) is 1. The molecule has 0 aliphatic carbocycles. The summed E-state index contributed by atoms with van der Waals surface area (Å²) >= 11 is 0. The molecule has 0 unspecified atom stereocenters. The van der Waals surface area contributed by atoms with E-state index in [0.717, 1.165) is 11.3 Å². The number of anilines is 1. The second kappa shape index (κ2) is 7.63. The molecule has 0 fully saturated rings. The summed E-state index contributed by atoms with van der Waals surface area (Å²) in [6.45, 7) is 3.80. The zero-order valence-corrected chi connectivity index (χ0v) is 15.6. The molecule has 27 heavy (non-hydrogen) atoms. The minimum Gasteiger partial charge on any atom is -0.462 e. The van der Waals surface area contributed by atoms with Crippen LogP contribution in [0.15, 0.2) is 64.0 Å². The van der Waals surface area contributed by atoms with Gasteiger partial charge in [-0.1, -0.05) is 5.16 Å². The highest BCUT2D eigenvalue weighted by atomic mass is 32.2. The first-order valence-corrected chi connectivity index (χ1v) is 9.71. The van der Waals surface area contributed by atoms with Crippen molar-refractivity contribution in [3.8, 4) is 11.3 Å². The monoisotopic (exact) mass is 386 g/mol. The molecule has 0 amide bonds. The molecule has 0 bridgehead atoms. The Hall–Kier alpha value is -3.13. The van der Waals surface area contributed by atoms with E-state index in [2.05, 4.69) is 9.88 Å². The standard InChI is InChI=1S/C19H18N2O5S/c1-3-25-19(22)15-4-8-16(9-5-15)21-27(23,24)17-10-6-14(7-11-17)18-12-13(2)20-26-18/h4-12,21H,3H2,1-2H3. The van der Waals surface area contributed by atoms with Gasteiger partial charge in [-0.25, -0.2) is 13.2 Å². The third kappa shape index (κ3) is 4.35. The zero-order valence-electron chi connectivity index (χ0n) is 14.8. The van der Waals surface area contributed by atoms with Crippen LogP contribution in [-0.2, 0) is 14.8 Å². The predicted octanol–water partition coefficient (Wildman–Crippen LogP) is 3.63. The number of carbonyl (C=O) groups is 1. The van der Waals surface area contributed by atoms with E-state index in [9.17, 15) is 13.2 Å². The number of sulfonamides is 1. The van der Waals surface area contributed by atoms with E-state index < -0.39 is 16.0 Å². The third-order valence-electron chi connectivity index (χ3n) is 3.73. The molecular weight excluding hydrogens is 368 g/mol. The van der Waals surface area contributed by atoms with E-state index in [0.29, 0.717) is 17.0 Å². The number of nitrogens with one attached hydrogen (secondary N) is 1. The smallest absolute Gasteiger partial charge is 0.338 e. The molecular formula is C19H18N2O5S. The minimum atomic E-state index is -3.76. The molecule has 0 aliphatic heterocycles. The van der Waals surface area contributed by atoms with Crippen molar-refractivity contribution in [2.45, 2.75) is 18.7 Å². The Bertz CT molecular complexity index is 1040. The Morgan fingerprint density at radius 3 is 2.33 bits per heavy atom. The second-order valence-electron chi connectivity index (χ2n) is 5.76. The maximum absolute atomic E-state index is 12.5. The average molecular weight is 386 g/mol. The van der Waals surface area contributed by atoms with Crippen LogP contribution in [0.1, 0.15) is 23.0 Å². The van der Waals surface area contributed by atoms with Crippen molar-refractivity contribution in [3.63, 3.8) is 0 Å². The minimum absolute atomic E-state index is 0.108. The van der Waals surface area contributed by atoms with Crippen molar-refractivity contribution >= 4 is 21.7 Å². The van der Waals surface area contributed by atoms with Crippen LogP contribution < -0.4 is 4.72 Å². The first-order valence-electron chi connectivity index (χ1n) is 8.23. The Labute approximate surface area is 157 Å². The van der Waals surface area contributed by atoms with Gasteiger partial charge in [0.1, 0.15) is 0 Å². The van der Waals surface area contributed by atoms with E-state index in [1.54, 1.807) is 25.1 Å². The van der Waals surface area contributed by atoms with Gasteiger partial charge in [0.2, 0.25) is 0 Å². The fraction of sp³-hybridized carbons (Fsp3) is 0.158. The Balaban J connectivity index is 1.75. The van der Waals surface area contributed by atoms with E-state index in [-0.39, 0.29) is 11.5 Å². The first kappa shape index (κ1) is 18.7. The maximum atomic E-state index is 12.5. The summed E-state index contributed by atoms with van der Waals surface area (Å²) in [6.07, 6.45) is 0. The van der Waals surface area contributed by atoms with E-state index in [1.165, 1.54) is 36.4 Å². The molecule has 0 spiro atoms. The van der Waals surface area contributed by atoms with E-state index >= 15 is 0 Å². The van der Waals surface area contributed by atoms with Crippen LogP contribution in [0.5, 0.6) is 0 Å². The molecule has 3 rings (SSSR count). The van der Waals surface area contributed by atoms with Crippen LogP contribution in [0, 0.1) is 6.92 Å². The van der Waals surface area contributed by atoms with Crippen molar-refractivity contribution in [2.24, 2.45) is 0 Å². The molecule has 2 aromatic carbocycles. The molecule has 1 heterocycles. The van der Waals surface area contributed by atoms with Gasteiger partial charge in [-0.3, -0.25) is 4.72 Å². The van der Waals surface area contributed by atoms with Gasteiger partial charge < -0.3 is 9.26 Å². The molecule has 1 N–H and O–H groups in total. The Morgan fingerprint density at radius 1 is 1.11 bits per heavy atom. The quantitative estimate of drug-likeness (QED) is 0.650. The molecule has 0 atom stereocenters. The van der Waals surface area contributed by atoms with E-state index in [4.69, 9.17) is 9.26 Å². The number of carbonyl (C=O) groups excluding carboxylic acids is 1. The molecule has 1 aromatic heterocycles. The Morgan fingerprint density at radius 2 is 1.78 bits per heavy atom. The topological polar surface area (TPSA) is 98.5 Å². The molecule has 0 saturated heterocycles. The van der Waals surface area contributed by atoms with Crippen molar-refractivity contribution < 1.29 is 22.5 Å². The van der Waals surface area contributed by atoms with Gasteiger partial charge in [-0.15, -0.1) is 0 Å². The fourth-order valence-corrected chi connectivity index (χ4v) is 3.46. The summed E-state index contributed by atoms with van der Waals surface area (Å²) in [5, 5.41) is 3.81. The SMILES string of the molecule is CCOC(=O)c1ccc(NS(=O)(=O)c2ccc(-c3cc(C)no3)cc2)cc1. The third-order valence-corrected chi connectivity index (χ3v) is 5.12. The van der Waals surface area contributed by atoms with Crippen molar-refractivity contribution in [3.05, 3.63) is 65.9 Å². The summed E-state index contributed by atoms with van der Waals surface area (Å²) in [4.78, 5) is 11.7. The largest absolute Gasteiger partial charge is 0.462 e. The normalized spacial score (nSPS) is 11.2. The lowest BCUT2D eigenvalue weighted by Crippen LogP contribution is -2.13. The fourth-order valence-electron chi connectivity index (χ4n) is 2.40. The number of nitrogens with zero attached hydrogens (tertiary/aromatic N) is 1. The molecule has 7 nitrogen and oxygen atoms in total. The van der Waals surface area contributed by atoms with Gasteiger partial charge in [0.25, 0.3) is 10.0 Å². The van der Waals surface area contributed by atoms with Gasteiger partial charge in [0, 0.05) is 17.3 Å². The van der Waals surface area contributed by atoms with Crippen LogP contribution >= 0.6 is 0 Å². The molecule has 3 aromatic rings. The summed E-state index contributed by atoms with van der Waals surface area (Å²) in [5.41, 5.74) is 2.17. The lowest BCUT2D eigenvalue weighted by Gasteiger charge is -2.09. The molecule has 0 saturated carbocycles. The van der Waals surface area contributed by atoms with Gasteiger partial charge >= 0.3 is 5.97 Å². The van der Waals surface area contributed by atoms with Gasteiger partial charge in [0.05, 0.1) is 22.8 Å². The summed E-state index contributed by atoms with van der Waals surface area (Å²) < 4.78 is 37.6. The molecule has 140 valence electrons. The number of hydrogen-bond acceptors (Lipinski definition) is 6. The van der Waals surface area contributed by atoms with Gasteiger partial charge in [0.15, 0.2) is 5.76 Å². The highest BCUT2D eigenvalue weighted by Crippen LogP contribution is 2.23. The summed E-state index contributed by atoms with van der Waals surface area (Å²) in [7, 11) is -3.76. The number of ether oxygens (including phenoxy) is 1. The predicted molar refractivity (Wildman–Crippen MR) is 99.9 cm³/mol. The summed E-state index contributed by atoms with van der Waals surface area (Å²) in [5.74, 6) is 0.115. The van der Waals surface area contributed by atoms with Gasteiger partial charge in [-0.05, 0) is 62.4 Å². The number of benzene rings is 2. The first-order chi connectivity index (χ1) is 12.9. The lowest BCUT2D eigenvalue weighted by molar-refractivity contribution is 0.0526.